The minimum Gasteiger partial charge on any atom is -0.382 e. The molecule has 28 heavy (non-hydrogen) atoms. The van der Waals surface area contributed by atoms with E-state index in [1.165, 1.54) is 11.3 Å². The average Bonchev–Trinajstić information content (AvgIpc) is 3.34. The summed E-state index contributed by atoms with van der Waals surface area (Å²) in [4.78, 5) is 29.5. The van der Waals surface area contributed by atoms with E-state index in [9.17, 15) is 9.59 Å². The van der Waals surface area contributed by atoms with Crippen LogP contribution in [0.2, 0.25) is 0 Å². The number of imidazole rings is 1. The normalized spacial score (nSPS) is 10.9. The zero-order valence-electron chi connectivity index (χ0n) is 15.8. The Kier molecular flexibility index (Phi) is 7.16. The van der Waals surface area contributed by atoms with Crippen molar-refractivity contribution < 1.29 is 14.3 Å². The standard InChI is InChI=1S/C20H24N4O3S/c1-2-27-13-6-12-24-16-8-4-3-7-15(16)22-20(24)23-18(25)10-11-21-19(26)17-9-5-14-28-17/h3-5,7-9,14H,2,6,10-13H2,1H3,(H,21,26)(H,22,23,25). The SMILES string of the molecule is CCOCCCn1c(NC(=O)CCNC(=O)c2cccs2)nc2ccccc21. The van der Waals surface area contributed by atoms with E-state index >= 15 is 0 Å². The molecule has 0 unspecified atom stereocenters. The summed E-state index contributed by atoms with van der Waals surface area (Å²) in [5.74, 6) is 0.172. The summed E-state index contributed by atoms with van der Waals surface area (Å²) in [5, 5.41) is 7.48. The van der Waals surface area contributed by atoms with Crippen LogP contribution in [0.5, 0.6) is 0 Å². The second-order valence-corrected chi connectivity index (χ2v) is 7.11. The van der Waals surface area contributed by atoms with Gasteiger partial charge in [0.2, 0.25) is 11.9 Å². The Balaban J connectivity index is 1.59. The lowest BCUT2D eigenvalue weighted by molar-refractivity contribution is -0.116. The Morgan fingerprint density at radius 3 is 2.86 bits per heavy atom. The quantitative estimate of drug-likeness (QED) is 0.512. The van der Waals surface area contributed by atoms with Crippen molar-refractivity contribution >= 4 is 40.1 Å². The third-order valence-corrected chi connectivity index (χ3v) is 5.03. The van der Waals surface area contributed by atoms with Gasteiger partial charge in [0.1, 0.15) is 0 Å². The number of ether oxygens (including phenoxy) is 1. The summed E-state index contributed by atoms with van der Waals surface area (Å²) in [7, 11) is 0. The van der Waals surface area contributed by atoms with Gasteiger partial charge in [-0.1, -0.05) is 18.2 Å². The summed E-state index contributed by atoms with van der Waals surface area (Å²) in [6, 6.07) is 11.4. The van der Waals surface area contributed by atoms with E-state index in [4.69, 9.17) is 4.74 Å². The molecular formula is C20H24N4O3S. The summed E-state index contributed by atoms with van der Waals surface area (Å²) >= 11 is 1.37. The van der Waals surface area contributed by atoms with Gasteiger partial charge in [0, 0.05) is 32.7 Å². The van der Waals surface area contributed by atoms with Crippen LogP contribution in [0.25, 0.3) is 11.0 Å². The molecule has 0 atom stereocenters. The van der Waals surface area contributed by atoms with Crippen LogP contribution in [-0.4, -0.2) is 41.1 Å². The summed E-state index contributed by atoms with van der Waals surface area (Å²) in [6.07, 6.45) is 1.01. The monoisotopic (exact) mass is 400 g/mol. The van der Waals surface area contributed by atoms with Crippen molar-refractivity contribution in [3.63, 3.8) is 0 Å². The van der Waals surface area contributed by atoms with Crippen LogP contribution in [-0.2, 0) is 16.1 Å². The van der Waals surface area contributed by atoms with E-state index in [-0.39, 0.29) is 24.8 Å². The van der Waals surface area contributed by atoms with Crippen LogP contribution in [0, 0.1) is 0 Å². The topological polar surface area (TPSA) is 85.2 Å². The molecule has 0 spiro atoms. The van der Waals surface area contributed by atoms with Gasteiger partial charge >= 0.3 is 0 Å². The van der Waals surface area contributed by atoms with Gasteiger partial charge in [0.15, 0.2) is 0 Å². The summed E-state index contributed by atoms with van der Waals surface area (Å²) in [5.41, 5.74) is 1.81. The number of amides is 2. The van der Waals surface area contributed by atoms with Gasteiger partial charge in [-0.3, -0.25) is 14.9 Å². The first-order valence-corrected chi connectivity index (χ1v) is 10.2. The van der Waals surface area contributed by atoms with Crippen molar-refractivity contribution in [2.45, 2.75) is 26.3 Å². The molecule has 2 N–H and O–H groups in total. The zero-order chi connectivity index (χ0) is 19.8. The molecule has 1 aromatic carbocycles. The van der Waals surface area contributed by atoms with Crippen molar-refractivity contribution in [1.29, 1.82) is 0 Å². The molecule has 0 aliphatic rings. The van der Waals surface area contributed by atoms with Crippen LogP contribution >= 0.6 is 11.3 Å². The smallest absolute Gasteiger partial charge is 0.261 e. The number of anilines is 1. The number of aromatic nitrogens is 2. The second-order valence-electron chi connectivity index (χ2n) is 6.16. The van der Waals surface area contributed by atoms with E-state index in [1.807, 2.05) is 47.2 Å². The van der Waals surface area contributed by atoms with Gasteiger partial charge in [-0.2, -0.15) is 0 Å². The Hall–Kier alpha value is -2.71. The predicted octanol–water partition coefficient (Wildman–Crippen LogP) is 3.28. The third kappa shape index (κ3) is 5.17. The van der Waals surface area contributed by atoms with Gasteiger partial charge < -0.3 is 14.6 Å². The highest BCUT2D eigenvalue weighted by Crippen LogP contribution is 2.20. The summed E-state index contributed by atoms with van der Waals surface area (Å²) in [6.45, 7) is 4.28. The molecule has 0 saturated heterocycles. The molecule has 7 nitrogen and oxygen atoms in total. The van der Waals surface area contributed by atoms with E-state index < -0.39 is 0 Å². The number of benzene rings is 1. The fraction of sp³-hybridized carbons (Fsp3) is 0.350. The number of hydrogen-bond donors (Lipinski definition) is 2. The molecule has 3 rings (SSSR count). The van der Waals surface area contributed by atoms with Crippen LogP contribution in [0.15, 0.2) is 41.8 Å². The highest BCUT2D eigenvalue weighted by atomic mass is 32.1. The van der Waals surface area contributed by atoms with E-state index in [0.717, 1.165) is 17.5 Å². The van der Waals surface area contributed by atoms with Crippen molar-refractivity contribution in [3.8, 4) is 0 Å². The number of carbonyl (C=O) groups is 2. The third-order valence-electron chi connectivity index (χ3n) is 4.16. The average molecular weight is 401 g/mol. The van der Waals surface area contributed by atoms with E-state index in [0.29, 0.717) is 30.6 Å². The molecule has 0 fully saturated rings. The Bertz CT molecular complexity index is 921. The first-order chi connectivity index (χ1) is 13.7. The van der Waals surface area contributed by atoms with Gasteiger partial charge in [0.05, 0.1) is 15.9 Å². The minimum absolute atomic E-state index is 0.161. The largest absolute Gasteiger partial charge is 0.382 e. The number of nitrogens with one attached hydrogen (secondary N) is 2. The highest BCUT2D eigenvalue weighted by Gasteiger charge is 2.13. The summed E-state index contributed by atoms with van der Waals surface area (Å²) < 4.78 is 7.41. The highest BCUT2D eigenvalue weighted by molar-refractivity contribution is 7.12. The number of nitrogens with zero attached hydrogens (tertiary/aromatic N) is 2. The lowest BCUT2D eigenvalue weighted by Gasteiger charge is -2.10. The fourth-order valence-corrected chi connectivity index (χ4v) is 3.48. The Labute approximate surface area is 167 Å². The second kappa shape index (κ2) is 10.0. The molecule has 8 heteroatoms. The fourth-order valence-electron chi connectivity index (χ4n) is 2.84. The molecular weight excluding hydrogens is 376 g/mol. The minimum atomic E-state index is -0.187. The Morgan fingerprint density at radius 1 is 1.21 bits per heavy atom. The first kappa shape index (κ1) is 20.0. The van der Waals surface area contributed by atoms with Crippen LogP contribution in [0.3, 0.4) is 0 Å². The number of fused-ring (bicyclic) bond motifs is 1. The number of hydrogen-bond acceptors (Lipinski definition) is 5. The van der Waals surface area contributed by atoms with Crippen molar-refractivity contribution in [2.24, 2.45) is 0 Å². The van der Waals surface area contributed by atoms with Crippen LogP contribution in [0.4, 0.5) is 5.95 Å². The number of aryl methyl sites for hydroxylation is 1. The molecule has 0 radical (unpaired) electrons. The van der Waals surface area contributed by atoms with E-state index in [2.05, 4.69) is 15.6 Å². The molecule has 2 heterocycles. The molecule has 3 aromatic rings. The molecule has 148 valence electrons. The first-order valence-electron chi connectivity index (χ1n) is 9.33. The van der Waals surface area contributed by atoms with Gasteiger partial charge in [-0.15, -0.1) is 11.3 Å². The Morgan fingerprint density at radius 2 is 2.07 bits per heavy atom. The van der Waals surface area contributed by atoms with Crippen molar-refractivity contribution in [3.05, 3.63) is 46.7 Å². The zero-order valence-corrected chi connectivity index (χ0v) is 16.6. The van der Waals surface area contributed by atoms with Gasteiger partial charge in [-0.25, -0.2) is 4.98 Å². The molecule has 0 aliphatic carbocycles. The molecule has 0 saturated carbocycles. The van der Waals surface area contributed by atoms with Crippen molar-refractivity contribution in [1.82, 2.24) is 14.9 Å². The maximum absolute atomic E-state index is 12.3. The van der Waals surface area contributed by atoms with E-state index in [1.54, 1.807) is 6.07 Å². The molecule has 0 bridgehead atoms. The number of rotatable bonds is 10. The number of para-hydroxylation sites is 2. The maximum Gasteiger partial charge on any atom is 0.261 e. The lowest BCUT2D eigenvalue weighted by Crippen LogP contribution is -2.27. The number of thiophene rings is 1. The number of carbonyl (C=O) groups excluding carboxylic acids is 2. The van der Waals surface area contributed by atoms with Gasteiger partial charge in [-0.05, 0) is 36.9 Å². The van der Waals surface area contributed by atoms with Crippen LogP contribution in [0.1, 0.15) is 29.4 Å². The van der Waals surface area contributed by atoms with Crippen molar-refractivity contribution in [2.75, 3.05) is 25.1 Å². The maximum atomic E-state index is 12.3. The lowest BCUT2D eigenvalue weighted by atomic mass is 10.3. The predicted molar refractivity (Wildman–Crippen MR) is 111 cm³/mol. The molecule has 2 aromatic heterocycles. The van der Waals surface area contributed by atoms with Gasteiger partial charge in [0.25, 0.3) is 5.91 Å². The molecule has 2 amide bonds. The molecule has 0 aliphatic heterocycles. The van der Waals surface area contributed by atoms with Crippen LogP contribution < -0.4 is 10.6 Å².